The number of aliphatic hydroxyl groups is 1. The quantitative estimate of drug-likeness (QED) is 0.755. The summed E-state index contributed by atoms with van der Waals surface area (Å²) in [4.78, 5) is 17.3. The molecule has 108 valence electrons. The van der Waals surface area contributed by atoms with Gasteiger partial charge in [-0.2, -0.15) is 0 Å². The third kappa shape index (κ3) is 3.12. The molecule has 6 heteroatoms. The molecule has 3 rings (SSSR count). The number of fused-ring (bicyclic) bond motifs is 1. The van der Waals surface area contributed by atoms with Gasteiger partial charge in [-0.1, -0.05) is 30.3 Å². The SMILES string of the molecule is O=C(Cc1cn2ccsc2n1)N[C@H](CO)c1ccccc1. The van der Waals surface area contributed by atoms with Crippen molar-refractivity contribution < 1.29 is 9.90 Å². The van der Waals surface area contributed by atoms with E-state index in [1.165, 1.54) is 11.3 Å². The van der Waals surface area contributed by atoms with Crippen LogP contribution in [0, 0.1) is 0 Å². The van der Waals surface area contributed by atoms with Crippen molar-refractivity contribution in [1.82, 2.24) is 14.7 Å². The van der Waals surface area contributed by atoms with E-state index in [0.29, 0.717) is 0 Å². The zero-order valence-corrected chi connectivity index (χ0v) is 12.1. The summed E-state index contributed by atoms with van der Waals surface area (Å²) < 4.78 is 1.90. The number of hydrogen-bond donors (Lipinski definition) is 2. The van der Waals surface area contributed by atoms with E-state index >= 15 is 0 Å². The molecule has 21 heavy (non-hydrogen) atoms. The summed E-state index contributed by atoms with van der Waals surface area (Å²) in [7, 11) is 0. The Balaban J connectivity index is 1.66. The zero-order chi connectivity index (χ0) is 14.7. The number of imidazole rings is 1. The van der Waals surface area contributed by atoms with Crippen LogP contribution >= 0.6 is 11.3 Å². The average Bonchev–Trinajstić information content (AvgIpc) is 3.06. The van der Waals surface area contributed by atoms with Crippen molar-refractivity contribution in [2.75, 3.05) is 6.61 Å². The van der Waals surface area contributed by atoms with E-state index in [9.17, 15) is 9.90 Å². The molecule has 1 atom stereocenters. The molecule has 5 nitrogen and oxygen atoms in total. The second-order valence-corrected chi connectivity index (χ2v) is 5.59. The molecule has 2 aromatic heterocycles. The largest absolute Gasteiger partial charge is 0.394 e. The molecule has 0 unspecified atom stereocenters. The van der Waals surface area contributed by atoms with E-state index in [-0.39, 0.29) is 25.0 Å². The number of aliphatic hydroxyl groups excluding tert-OH is 1. The van der Waals surface area contributed by atoms with Crippen LogP contribution in [0.25, 0.3) is 4.96 Å². The summed E-state index contributed by atoms with van der Waals surface area (Å²) in [5.41, 5.74) is 1.61. The van der Waals surface area contributed by atoms with E-state index in [1.807, 2.05) is 52.5 Å². The summed E-state index contributed by atoms with van der Waals surface area (Å²) in [6.07, 6.45) is 3.97. The van der Waals surface area contributed by atoms with E-state index in [1.54, 1.807) is 0 Å². The van der Waals surface area contributed by atoms with Crippen molar-refractivity contribution in [3.63, 3.8) is 0 Å². The predicted molar refractivity (Wildman–Crippen MR) is 81.2 cm³/mol. The Morgan fingerprint density at radius 1 is 1.38 bits per heavy atom. The zero-order valence-electron chi connectivity index (χ0n) is 11.3. The highest BCUT2D eigenvalue weighted by Crippen LogP contribution is 2.14. The van der Waals surface area contributed by atoms with Gasteiger partial charge in [-0.05, 0) is 5.56 Å². The lowest BCUT2D eigenvalue weighted by Crippen LogP contribution is -2.32. The van der Waals surface area contributed by atoms with Crippen LogP contribution in [0.1, 0.15) is 17.3 Å². The van der Waals surface area contributed by atoms with Gasteiger partial charge in [0.25, 0.3) is 0 Å². The molecule has 2 N–H and O–H groups in total. The van der Waals surface area contributed by atoms with E-state index in [0.717, 1.165) is 16.2 Å². The standard InChI is InChI=1S/C15H15N3O2S/c19-10-13(11-4-2-1-3-5-11)17-14(20)8-12-9-18-6-7-21-15(18)16-12/h1-7,9,13,19H,8,10H2,(H,17,20)/t13-/m1/s1. The first kappa shape index (κ1) is 13.8. The van der Waals surface area contributed by atoms with Gasteiger partial charge in [-0.3, -0.25) is 9.20 Å². The summed E-state index contributed by atoms with van der Waals surface area (Å²) >= 11 is 1.53. The van der Waals surface area contributed by atoms with Gasteiger partial charge < -0.3 is 10.4 Å². The summed E-state index contributed by atoms with van der Waals surface area (Å²) in [6, 6.07) is 9.04. The van der Waals surface area contributed by atoms with Gasteiger partial charge in [-0.15, -0.1) is 11.3 Å². The Bertz CT molecular complexity index is 707. The summed E-state index contributed by atoms with van der Waals surface area (Å²) in [5, 5.41) is 14.2. The van der Waals surface area contributed by atoms with Gasteiger partial charge in [0.05, 0.1) is 24.8 Å². The minimum absolute atomic E-state index is 0.131. The Kier molecular flexibility index (Phi) is 3.98. The highest BCUT2D eigenvalue weighted by atomic mass is 32.1. The van der Waals surface area contributed by atoms with Crippen molar-refractivity contribution in [3.8, 4) is 0 Å². The molecule has 0 aliphatic rings. The van der Waals surface area contributed by atoms with Gasteiger partial charge in [0.15, 0.2) is 4.96 Å². The van der Waals surface area contributed by atoms with Crippen LogP contribution in [0.2, 0.25) is 0 Å². The van der Waals surface area contributed by atoms with Crippen LogP contribution in [-0.2, 0) is 11.2 Å². The van der Waals surface area contributed by atoms with Gasteiger partial charge in [0, 0.05) is 17.8 Å². The monoisotopic (exact) mass is 301 g/mol. The second kappa shape index (κ2) is 6.07. The first-order chi connectivity index (χ1) is 10.3. The number of carbonyl (C=O) groups is 1. The molecular formula is C15H15N3O2S. The van der Waals surface area contributed by atoms with Crippen LogP contribution in [0.15, 0.2) is 48.1 Å². The molecule has 1 aromatic carbocycles. The number of amides is 1. The molecule has 2 heterocycles. The van der Waals surface area contributed by atoms with Gasteiger partial charge >= 0.3 is 0 Å². The van der Waals surface area contributed by atoms with Crippen LogP contribution in [-0.4, -0.2) is 27.0 Å². The van der Waals surface area contributed by atoms with Crippen LogP contribution < -0.4 is 5.32 Å². The minimum Gasteiger partial charge on any atom is -0.394 e. The maximum atomic E-state index is 12.1. The average molecular weight is 301 g/mol. The molecule has 0 aliphatic carbocycles. The Morgan fingerprint density at radius 3 is 2.90 bits per heavy atom. The Labute approximate surface area is 125 Å². The number of aromatic nitrogens is 2. The van der Waals surface area contributed by atoms with E-state index in [4.69, 9.17) is 0 Å². The molecule has 3 aromatic rings. The lowest BCUT2D eigenvalue weighted by molar-refractivity contribution is -0.121. The summed E-state index contributed by atoms with van der Waals surface area (Å²) in [6.45, 7) is -0.131. The third-order valence-corrected chi connectivity index (χ3v) is 3.98. The predicted octanol–water partition coefficient (Wildman–Crippen LogP) is 1.79. The molecule has 0 saturated carbocycles. The smallest absolute Gasteiger partial charge is 0.226 e. The molecule has 0 fully saturated rings. The molecule has 0 saturated heterocycles. The normalized spacial score (nSPS) is 12.4. The fourth-order valence-corrected chi connectivity index (χ4v) is 2.91. The molecule has 0 aliphatic heterocycles. The molecule has 1 amide bonds. The molecule has 0 spiro atoms. The molecule has 0 bridgehead atoms. The number of nitrogens with zero attached hydrogens (tertiary/aromatic N) is 2. The fourth-order valence-electron chi connectivity index (χ4n) is 2.19. The lowest BCUT2D eigenvalue weighted by atomic mass is 10.1. The number of rotatable bonds is 5. The van der Waals surface area contributed by atoms with Crippen LogP contribution in [0.3, 0.4) is 0 Å². The first-order valence-electron chi connectivity index (χ1n) is 6.62. The van der Waals surface area contributed by atoms with Crippen molar-refractivity contribution >= 4 is 22.2 Å². The van der Waals surface area contributed by atoms with Crippen molar-refractivity contribution in [1.29, 1.82) is 0 Å². The molecular weight excluding hydrogens is 286 g/mol. The number of benzene rings is 1. The third-order valence-electron chi connectivity index (χ3n) is 3.20. The maximum absolute atomic E-state index is 12.1. The number of carbonyl (C=O) groups excluding carboxylic acids is 1. The van der Waals surface area contributed by atoms with E-state index in [2.05, 4.69) is 10.3 Å². The molecule has 0 radical (unpaired) electrons. The van der Waals surface area contributed by atoms with Gasteiger partial charge in [0.2, 0.25) is 5.91 Å². The highest BCUT2D eigenvalue weighted by molar-refractivity contribution is 7.15. The van der Waals surface area contributed by atoms with Gasteiger partial charge in [-0.25, -0.2) is 4.98 Å². The number of nitrogens with one attached hydrogen (secondary N) is 1. The van der Waals surface area contributed by atoms with Gasteiger partial charge in [0.1, 0.15) is 0 Å². The maximum Gasteiger partial charge on any atom is 0.226 e. The van der Waals surface area contributed by atoms with E-state index < -0.39 is 0 Å². The summed E-state index contributed by atoms with van der Waals surface area (Å²) in [5.74, 6) is -0.149. The fraction of sp³-hybridized carbons (Fsp3) is 0.200. The van der Waals surface area contributed by atoms with Crippen molar-refractivity contribution in [2.24, 2.45) is 0 Å². The van der Waals surface area contributed by atoms with Crippen molar-refractivity contribution in [2.45, 2.75) is 12.5 Å². The number of thiazole rings is 1. The van der Waals surface area contributed by atoms with Crippen LogP contribution in [0.5, 0.6) is 0 Å². The lowest BCUT2D eigenvalue weighted by Gasteiger charge is -2.16. The Hall–Kier alpha value is -2.18. The minimum atomic E-state index is -0.387. The first-order valence-corrected chi connectivity index (χ1v) is 7.50. The number of hydrogen-bond acceptors (Lipinski definition) is 4. The highest BCUT2D eigenvalue weighted by Gasteiger charge is 2.15. The van der Waals surface area contributed by atoms with Crippen LogP contribution in [0.4, 0.5) is 0 Å². The van der Waals surface area contributed by atoms with Crippen molar-refractivity contribution in [3.05, 3.63) is 59.4 Å². The topological polar surface area (TPSA) is 66.6 Å². The Morgan fingerprint density at radius 2 is 2.19 bits per heavy atom. The second-order valence-electron chi connectivity index (χ2n) is 4.72.